The zero-order chi connectivity index (χ0) is 16.1. The van der Waals surface area contributed by atoms with Crippen molar-refractivity contribution in [2.24, 2.45) is 0 Å². The Morgan fingerprint density at radius 1 is 1.00 bits per heavy atom. The molecule has 1 aromatic carbocycles. The highest BCUT2D eigenvalue weighted by Gasteiger charge is 2.16. The summed E-state index contributed by atoms with van der Waals surface area (Å²) < 4.78 is 5.22. The molecule has 0 aliphatic carbocycles. The summed E-state index contributed by atoms with van der Waals surface area (Å²) in [7, 11) is 0. The van der Waals surface area contributed by atoms with E-state index in [4.69, 9.17) is 4.74 Å². The minimum atomic E-state index is -0.300. The number of ketones is 1. The predicted octanol–water partition coefficient (Wildman–Crippen LogP) is 0.685. The number of benzene rings is 1. The molecule has 0 bridgehead atoms. The Kier molecular flexibility index (Phi) is 4.70. The topological polar surface area (TPSA) is 84.4 Å². The van der Waals surface area contributed by atoms with E-state index in [1.165, 1.54) is 12.4 Å². The van der Waals surface area contributed by atoms with Crippen LogP contribution in [0.15, 0.2) is 42.7 Å². The van der Waals surface area contributed by atoms with Gasteiger partial charge in [0.15, 0.2) is 0 Å². The number of hydrogen-bond acceptors (Lipinski definition) is 6. The summed E-state index contributed by atoms with van der Waals surface area (Å²) in [5, 5.41) is 1.79. The van der Waals surface area contributed by atoms with Gasteiger partial charge in [0.2, 0.25) is 11.6 Å². The third kappa shape index (κ3) is 3.77. The molecular formula is C16H16N4O3. The normalized spacial score (nSPS) is 15.1. The van der Waals surface area contributed by atoms with Gasteiger partial charge in [0, 0.05) is 31.0 Å². The molecular weight excluding hydrogens is 296 g/mol. The van der Waals surface area contributed by atoms with E-state index < -0.39 is 0 Å². The molecule has 0 unspecified atom stereocenters. The summed E-state index contributed by atoms with van der Waals surface area (Å²) in [6.45, 7) is 2.44. The molecule has 2 aromatic rings. The van der Waals surface area contributed by atoms with Crippen LogP contribution in [0.25, 0.3) is 0 Å². The van der Waals surface area contributed by atoms with Gasteiger partial charge < -0.3 is 4.74 Å². The number of aromatic nitrogens is 2. The van der Waals surface area contributed by atoms with Crippen LogP contribution in [-0.2, 0) is 4.74 Å². The summed E-state index contributed by atoms with van der Waals surface area (Å²) in [6.07, 6.45) is 2.72. The molecule has 1 amide bonds. The van der Waals surface area contributed by atoms with E-state index >= 15 is 0 Å². The van der Waals surface area contributed by atoms with E-state index in [0.29, 0.717) is 37.4 Å². The van der Waals surface area contributed by atoms with Crippen molar-refractivity contribution in [3.63, 3.8) is 0 Å². The van der Waals surface area contributed by atoms with Gasteiger partial charge in [0.25, 0.3) is 5.91 Å². The van der Waals surface area contributed by atoms with Crippen LogP contribution in [-0.4, -0.2) is 53.0 Å². The monoisotopic (exact) mass is 312 g/mol. The van der Waals surface area contributed by atoms with Gasteiger partial charge in [0.1, 0.15) is 0 Å². The van der Waals surface area contributed by atoms with E-state index in [2.05, 4.69) is 15.4 Å². The minimum Gasteiger partial charge on any atom is -0.379 e. The van der Waals surface area contributed by atoms with E-state index in [-0.39, 0.29) is 17.5 Å². The van der Waals surface area contributed by atoms with Gasteiger partial charge in [-0.25, -0.2) is 15.0 Å². The van der Waals surface area contributed by atoms with Crippen molar-refractivity contribution in [1.82, 2.24) is 20.4 Å². The van der Waals surface area contributed by atoms with Gasteiger partial charge in [0.05, 0.1) is 18.8 Å². The number of hydrogen-bond donors (Lipinski definition) is 1. The van der Waals surface area contributed by atoms with E-state index in [9.17, 15) is 9.59 Å². The average molecular weight is 312 g/mol. The molecule has 0 spiro atoms. The van der Waals surface area contributed by atoms with Crippen molar-refractivity contribution in [3.8, 4) is 0 Å². The SMILES string of the molecule is O=C(NN1CCOCC1)c1cnc(C(=O)c2ccccc2)nc1. The second-order valence-corrected chi connectivity index (χ2v) is 5.03. The van der Waals surface area contributed by atoms with Gasteiger partial charge in [-0.05, 0) is 0 Å². The van der Waals surface area contributed by atoms with Crippen molar-refractivity contribution in [2.75, 3.05) is 26.3 Å². The van der Waals surface area contributed by atoms with Gasteiger partial charge in [-0.3, -0.25) is 15.0 Å². The molecule has 23 heavy (non-hydrogen) atoms. The van der Waals surface area contributed by atoms with Crippen LogP contribution in [0.3, 0.4) is 0 Å². The van der Waals surface area contributed by atoms with Crippen LogP contribution in [0.4, 0.5) is 0 Å². The third-order valence-corrected chi connectivity index (χ3v) is 3.42. The summed E-state index contributed by atoms with van der Waals surface area (Å²) in [5.41, 5.74) is 3.58. The van der Waals surface area contributed by atoms with Crippen LogP contribution in [0.5, 0.6) is 0 Å². The standard InChI is InChI=1S/C16H16N4O3/c21-14(12-4-2-1-3-5-12)15-17-10-13(11-18-15)16(22)19-20-6-8-23-9-7-20/h1-5,10-11H,6-9H2,(H,19,22). The second-order valence-electron chi connectivity index (χ2n) is 5.03. The Bertz CT molecular complexity index is 682. The number of ether oxygens (including phenoxy) is 1. The van der Waals surface area contributed by atoms with E-state index in [1.54, 1.807) is 29.3 Å². The van der Waals surface area contributed by atoms with Gasteiger partial charge >= 0.3 is 0 Å². The lowest BCUT2D eigenvalue weighted by molar-refractivity contribution is 0.0126. The molecule has 1 aliphatic rings. The maximum atomic E-state index is 12.2. The number of carbonyl (C=O) groups excluding carboxylic acids is 2. The molecule has 118 valence electrons. The zero-order valence-electron chi connectivity index (χ0n) is 12.4. The first-order chi connectivity index (χ1) is 11.2. The molecule has 7 heteroatoms. The van der Waals surface area contributed by atoms with Gasteiger partial charge in [-0.15, -0.1) is 0 Å². The highest BCUT2D eigenvalue weighted by atomic mass is 16.5. The van der Waals surface area contributed by atoms with Crippen molar-refractivity contribution in [1.29, 1.82) is 0 Å². The molecule has 0 saturated carbocycles. The average Bonchev–Trinajstić information content (AvgIpc) is 2.63. The number of hydrazine groups is 1. The van der Waals surface area contributed by atoms with Crippen molar-refractivity contribution in [3.05, 3.63) is 59.7 Å². The summed E-state index contributed by atoms with van der Waals surface area (Å²) in [6, 6.07) is 8.78. The fourth-order valence-electron chi connectivity index (χ4n) is 2.16. The van der Waals surface area contributed by atoms with Crippen LogP contribution >= 0.6 is 0 Å². The second kappa shape index (κ2) is 7.08. The Hall–Kier alpha value is -2.64. The van der Waals surface area contributed by atoms with Crippen LogP contribution in [0.2, 0.25) is 0 Å². The molecule has 7 nitrogen and oxygen atoms in total. The number of carbonyl (C=O) groups is 2. The lowest BCUT2D eigenvalue weighted by Crippen LogP contribution is -2.48. The first-order valence-corrected chi connectivity index (χ1v) is 7.29. The number of nitrogens with zero attached hydrogens (tertiary/aromatic N) is 3. The maximum absolute atomic E-state index is 12.2. The molecule has 0 radical (unpaired) electrons. The predicted molar refractivity (Wildman–Crippen MR) is 81.8 cm³/mol. The minimum absolute atomic E-state index is 0.0686. The summed E-state index contributed by atoms with van der Waals surface area (Å²) in [5.74, 6) is -0.504. The molecule has 2 heterocycles. The van der Waals surface area contributed by atoms with Crippen molar-refractivity contribution in [2.45, 2.75) is 0 Å². The molecule has 1 N–H and O–H groups in total. The molecule has 1 fully saturated rings. The lowest BCUT2D eigenvalue weighted by Gasteiger charge is -2.26. The van der Waals surface area contributed by atoms with Crippen molar-refractivity contribution >= 4 is 11.7 Å². The quantitative estimate of drug-likeness (QED) is 0.836. The Morgan fingerprint density at radius 3 is 2.30 bits per heavy atom. The van der Waals surface area contributed by atoms with Crippen LogP contribution in [0.1, 0.15) is 26.5 Å². The zero-order valence-corrected chi connectivity index (χ0v) is 12.4. The fourth-order valence-corrected chi connectivity index (χ4v) is 2.16. The maximum Gasteiger partial charge on any atom is 0.268 e. The van der Waals surface area contributed by atoms with Crippen molar-refractivity contribution < 1.29 is 14.3 Å². The fraction of sp³-hybridized carbons (Fsp3) is 0.250. The van der Waals surface area contributed by atoms with Crippen LogP contribution < -0.4 is 5.43 Å². The first-order valence-electron chi connectivity index (χ1n) is 7.29. The van der Waals surface area contributed by atoms with Crippen LogP contribution in [0, 0.1) is 0 Å². The summed E-state index contributed by atoms with van der Waals surface area (Å²) >= 11 is 0. The highest BCUT2D eigenvalue weighted by Crippen LogP contribution is 2.06. The molecule has 1 saturated heterocycles. The molecule has 1 aliphatic heterocycles. The smallest absolute Gasteiger partial charge is 0.268 e. The van der Waals surface area contributed by atoms with E-state index in [1.807, 2.05) is 6.07 Å². The van der Waals surface area contributed by atoms with Gasteiger partial charge in [-0.2, -0.15) is 0 Å². The van der Waals surface area contributed by atoms with E-state index in [0.717, 1.165) is 0 Å². The molecule has 0 atom stereocenters. The summed E-state index contributed by atoms with van der Waals surface area (Å²) in [4.78, 5) is 32.3. The largest absolute Gasteiger partial charge is 0.379 e. The number of rotatable bonds is 4. The number of amides is 1. The highest BCUT2D eigenvalue weighted by molar-refractivity contribution is 6.06. The molecule has 3 rings (SSSR count). The van der Waals surface area contributed by atoms with Gasteiger partial charge in [-0.1, -0.05) is 30.3 Å². The molecule has 1 aromatic heterocycles. The lowest BCUT2D eigenvalue weighted by atomic mass is 10.1. The third-order valence-electron chi connectivity index (χ3n) is 3.42. The Balaban J connectivity index is 1.66. The number of nitrogens with one attached hydrogen (secondary N) is 1. The first kappa shape index (κ1) is 15.3. The number of morpholine rings is 1. The Morgan fingerprint density at radius 2 is 1.65 bits per heavy atom. The Labute approximate surface area is 133 Å².